The molecule has 0 radical (unpaired) electrons. The van der Waals surface area contributed by atoms with E-state index in [2.05, 4.69) is 323 Å². The maximum atomic E-state index is 6.74. The molecular formula is C84H54N4O4. The summed E-state index contributed by atoms with van der Waals surface area (Å²) < 4.78 is 25.9. The van der Waals surface area contributed by atoms with Crippen molar-refractivity contribution in [1.29, 1.82) is 0 Å². The second kappa shape index (κ2) is 21.7. The lowest BCUT2D eigenvalue weighted by atomic mass is 10.0. The molecule has 0 aliphatic heterocycles. The molecule has 0 aliphatic carbocycles. The van der Waals surface area contributed by atoms with E-state index in [4.69, 9.17) is 17.7 Å². The molecule has 18 rings (SSSR count). The zero-order valence-electron chi connectivity index (χ0n) is 49.6. The predicted molar refractivity (Wildman–Crippen MR) is 380 cm³/mol. The van der Waals surface area contributed by atoms with Gasteiger partial charge in [-0.05, 0) is 211 Å². The van der Waals surface area contributed by atoms with Gasteiger partial charge in [0.1, 0.15) is 44.7 Å². The van der Waals surface area contributed by atoms with E-state index in [1.807, 2.05) is 24.3 Å². The van der Waals surface area contributed by atoms with E-state index < -0.39 is 0 Å². The number of benzene rings is 14. The van der Waals surface area contributed by atoms with Gasteiger partial charge in [-0.2, -0.15) is 0 Å². The second-order valence-electron chi connectivity index (χ2n) is 23.3. The molecule has 0 bridgehead atoms. The fraction of sp³-hybridized carbons (Fsp3) is 0. The Labute approximate surface area is 529 Å². The van der Waals surface area contributed by atoms with Crippen molar-refractivity contribution in [1.82, 2.24) is 0 Å². The molecule has 0 spiro atoms. The fourth-order valence-corrected chi connectivity index (χ4v) is 13.5. The van der Waals surface area contributed by atoms with Gasteiger partial charge in [0, 0.05) is 111 Å². The fourth-order valence-electron chi connectivity index (χ4n) is 13.5. The third-order valence-electron chi connectivity index (χ3n) is 17.8. The Kier molecular flexibility index (Phi) is 12.4. The van der Waals surface area contributed by atoms with Crippen LogP contribution in [0.15, 0.2) is 345 Å². The lowest BCUT2D eigenvalue weighted by Gasteiger charge is -2.29. The van der Waals surface area contributed by atoms with Crippen molar-refractivity contribution in [3.8, 4) is 11.1 Å². The van der Waals surface area contributed by atoms with Gasteiger partial charge in [0.2, 0.25) is 0 Å². The Balaban J connectivity index is 0.681. The van der Waals surface area contributed by atoms with Crippen molar-refractivity contribution in [2.45, 2.75) is 0 Å². The molecule has 14 aromatic carbocycles. The molecule has 0 N–H and O–H groups in total. The number of fused-ring (bicyclic) bond motifs is 12. The van der Waals surface area contributed by atoms with E-state index in [9.17, 15) is 0 Å². The van der Waals surface area contributed by atoms with Crippen LogP contribution in [-0.2, 0) is 0 Å². The molecule has 8 nitrogen and oxygen atoms in total. The van der Waals surface area contributed by atoms with Crippen molar-refractivity contribution >= 4 is 156 Å². The predicted octanol–water partition coefficient (Wildman–Crippen LogP) is 24.8. The molecule has 18 aromatic rings. The van der Waals surface area contributed by atoms with E-state index in [1.165, 1.54) is 0 Å². The molecule has 0 saturated carbocycles. The first-order valence-electron chi connectivity index (χ1n) is 30.9. The van der Waals surface area contributed by atoms with Gasteiger partial charge in [0.15, 0.2) is 0 Å². The normalized spacial score (nSPS) is 11.7. The molecule has 4 aromatic heterocycles. The number of hydrogen-bond donors (Lipinski definition) is 0. The van der Waals surface area contributed by atoms with Crippen LogP contribution in [0.25, 0.3) is 98.9 Å². The van der Waals surface area contributed by atoms with Crippen molar-refractivity contribution in [2.75, 3.05) is 19.6 Å². The highest BCUT2D eigenvalue weighted by Crippen LogP contribution is 2.47. The van der Waals surface area contributed by atoms with Crippen LogP contribution in [0, 0.1) is 0 Å². The maximum absolute atomic E-state index is 6.74. The average Bonchev–Trinajstić information content (AvgIpc) is 1.62. The third-order valence-corrected chi connectivity index (χ3v) is 17.8. The van der Waals surface area contributed by atoms with E-state index in [1.54, 1.807) is 0 Å². The van der Waals surface area contributed by atoms with Crippen molar-refractivity contribution in [3.63, 3.8) is 0 Å². The van der Waals surface area contributed by atoms with Gasteiger partial charge in [-0.1, -0.05) is 127 Å². The highest BCUT2D eigenvalue weighted by molar-refractivity contribution is 6.11. The highest BCUT2D eigenvalue weighted by Gasteiger charge is 2.23. The quantitative estimate of drug-likeness (QED) is 0.113. The molecule has 0 amide bonds. The van der Waals surface area contributed by atoms with Gasteiger partial charge in [-0.15, -0.1) is 0 Å². The van der Waals surface area contributed by atoms with Crippen LogP contribution >= 0.6 is 0 Å². The summed E-state index contributed by atoms with van der Waals surface area (Å²) in [4.78, 5) is 9.25. The van der Waals surface area contributed by atoms with Crippen molar-refractivity contribution in [2.24, 2.45) is 0 Å². The molecule has 0 unspecified atom stereocenters. The summed E-state index contributed by atoms with van der Waals surface area (Å²) >= 11 is 0. The standard InChI is InChI=1S/C84H54N4O4/c1-5-18-57(19-6-1)85(65-38-44-80-73(51-65)69-28-13-15-30-77(69)89-80)61-34-36-62(37-35-61)86(58-20-7-2-8-21-58)66-39-46-82-75(52-66)71-42-32-56(49-84(71)92-82)55-33-43-79-72(48-55)76-54-68(41-47-83(76)91-79)88(60-24-11-4-12-25-60)64-27-17-26-63(50-64)87(59-22-9-3-10-23-59)67-40-45-81-74(53-67)70-29-14-16-31-78(70)90-81/h1-54H. The monoisotopic (exact) mass is 1180 g/mol. The number of anilines is 12. The topological polar surface area (TPSA) is 65.5 Å². The molecule has 8 heteroatoms. The van der Waals surface area contributed by atoms with Gasteiger partial charge in [0.25, 0.3) is 0 Å². The number of rotatable bonds is 13. The van der Waals surface area contributed by atoms with Crippen LogP contribution < -0.4 is 19.6 Å². The molecule has 0 fully saturated rings. The number of para-hydroxylation sites is 6. The van der Waals surface area contributed by atoms with Crippen LogP contribution in [0.2, 0.25) is 0 Å². The summed E-state index contributed by atoms with van der Waals surface area (Å²) in [6.45, 7) is 0. The smallest absolute Gasteiger partial charge is 0.136 e. The first-order valence-corrected chi connectivity index (χ1v) is 30.9. The number of nitrogens with zero attached hydrogens (tertiary/aromatic N) is 4. The third kappa shape index (κ3) is 9.07. The van der Waals surface area contributed by atoms with Gasteiger partial charge in [-0.3, -0.25) is 0 Å². The lowest BCUT2D eigenvalue weighted by molar-refractivity contribution is 0.668. The van der Waals surface area contributed by atoms with Gasteiger partial charge >= 0.3 is 0 Å². The zero-order valence-corrected chi connectivity index (χ0v) is 49.6. The number of furan rings is 4. The average molecular weight is 1180 g/mol. The summed E-state index contributed by atoms with van der Waals surface area (Å²) in [6, 6.07) is 115. The minimum absolute atomic E-state index is 0.814. The largest absolute Gasteiger partial charge is 0.456 e. The van der Waals surface area contributed by atoms with Crippen molar-refractivity contribution in [3.05, 3.63) is 328 Å². The highest BCUT2D eigenvalue weighted by atomic mass is 16.3. The Morgan fingerprint density at radius 2 is 0.391 bits per heavy atom. The summed E-state index contributed by atoms with van der Waals surface area (Å²) in [5.74, 6) is 0. The Morgan fingerprint density at radius 1 is 0.141 bits per heavy atom. The van der Waals surface area contributed by atoms with Crippen LogP contribution in [0.5, 0.6) is 0 Å². The molecule has 0 aliphatic rings. The Morgan fingerprint density at radius 3 is 0.804 bits per heavy atom. The van der Waals surface area contributed by atoms with Crippen LogP contribution in [0.4, 0.5) is 68.2 Å². The zero-order chi connectivity index (χ0) is 60.6. The molecule has 0 atom stereocenters. The van der Waals surface area contributed by atoms with E-state index in [-0.39, 0.29) is 0 Å². The molecule has 0 saturated heterocycles. The summed E-state index contributed by atoms with van der Waals surface area (Å²) in [5, 5.41) is 8.46. The first-order chi connectivity index (χ1) is 45.6. The van der Waals surface area contributed by atoms with Crippen LogP contribution in [0.1, 0.15) is 0 Å². The van der Waals surface area contributed by atoms with Gasteiger partial charge in [-0.25, -0.2) is 0 Å². The summed E-state index contributed by atoms with van der Waals surface area (Å²) in [5.41, 5.74) is 21.2. The van der Waals surface area contributed by atoms with Gasteiger partial charge < -0.3 is 37.3 Å². The molecule has 92 heavy (non-hydrogen) atoms. The SMILES string of the molecule is c1ccc(N(c2ccc(N(c3ccccc3)c3ccc4oc5cc(-c6ccc7oc8ccc(N(c9ccccc9)c9cccc(N(c%10ccccc%10)c%10ccc%11oc%12ccccc%12c%11c%10)c9)cc8c7c6)ccc5c4c3)cc2)c2ccc3oc4ccccc4c3c2)cc1. The van der Waals surface area contributed by atoms with E-state index in [0.717, 1.165) is 167 Å². The first kappa shape index (κ1) is 52.6. The van der Waals surface area contributed by atoms with Gasteiger partial charge in [0.05, 0.1) is 0 Å². The maximum Gasteiger partial charge on any atom is 0.136 e. The second-order valence-corrected chi connectivity index (χ2v) is 23.3. The van der Waals surface area contributed by atoms with Crippen LogP contribution in [-0.4, -0.2) is 0 Å². The van der Waals surface area contributed by atoms with E-state index >= 15 is 0 Å². The number of hydrogen-bond acceptors (Lipinski definition) is 8. The van der Waals surface area contributed by atoms with E-state index in [0.29, 0.717) is 0 Å². The summed E-state index contributed by atoms with van der Waals surface area (Å²) in [7, 11) is 0. The minimum atomic E-state index is 0.814. The molecule has 434 valence electrons. The Bertz CT molecular complexity index is 5800. The van der Waals surface area contributed by atoms with Crippen LogP contribution in [0.3, 0.4) is 0 Å². The molecular weight excluding hydrogens is 1130 g/mol. The lowest BCUT2D eigenvalue weighted by Crippen LogP contribution is -2.13. The molecule has 4 heterocycles. The van der Waals surface area contributed by atoms with Crippen molar-refractivity contribution < 1.29 is 17.7 Å². The minimum Gasteiger partial charge on any atom is -0.456 e. The Hall–Kier alpha value is -12.5. The summed E-state index contributed by atoms with van der Waals surface area (Å²) in [6.07, 6.45) is 0.